The van der Waals surface area contributed by atoms with E-state index in [-0.39, 0.29) is 23.5 Å². The second-order valence-electron chi connectivity index (χ2n) is 6.66. The summed E-state index contributed by atoms with van der Waals surface area (Å²) in [7, 11) is 4.61. The Balaban J connectivity index is 1.56. The average molecular weight is 439 g/mol. The van der Waals surface area contributed by atoms with Crippen molar-refractivity contribution in [2.24, 2.45) is 0 Å². The number of aromatic amines is 1. The summed E-state index contributed by atoms with van der Waals surface area (Å²) in [5, 5.41) is 9.77. The van der Waals surface area contributed by atoms with Gasteiger partial charge in [0, 0.05) is 13.2 Å². The van der Waals surface area contributed by atoms with Crippen molar-refractivity contribution in [1.29, 1.82) is 0 Å². The molecule has 1 amide bonds. The number of hydrogen-bond acceptors (Lipinski definition) is 8. The van der Waals surface area contributed by atoms with Crippen LogP contribution >= 0.6 is 11.8 Å². The first-order valence-electron chi connectivity index (χ1n) is 9.51. The lowest BCUT2D eigenvalue weighted by Gasteiger charge is -2.14. The Bertz CT molecular complexity index is 897. The molecule has 0 aliphatic carbocycles. The third-order valence-electron chi connectivity index (χ3n) is 4.68. The Kier molecular flexibility index (Phi) is 7.63. The summed E-state index contributed by atoms with van der Waals surface area (Å²) >= 11 is 1.20. The molecule has 164 valence electrons. The fourth-order valence-corrected chi connectivity index (χ4v) is 3.97. The minimum atomic E-state index is -0.300. The van der Waals surface area contributed by atoms with Crippen molar-refractivity contribution in [3.8, 4) is 17.2 Å². The van der Waals surface area contributed by atoms with Gasteiger partial charge in [-0.05, 0) is 30.5 Å². The van der Waals surface area contributed by atoms with Gasteiger partial charge in [-0.1, -0.05) is 11.8 Å². The van der Waals surface area contributed by atoms with E-state index in [9.17, 15) is 9.59 Å². The lowest BCUT2D eigenvalue weighted by Crippen LogP contribution is -2.26. The summed E-state index contributed by atoms with van der Waals surface area (Å²) in [6.07, 6.45) is 1.91. The zero-order valence-corrected chi connectivity index (χ0v) is 18.0. The van der Waals surface area contributed by atoms with Crippen LogP contribution in [-0.4, -0.2) is 60.5 Å². The minimum Gasteiger partial charge on any atom is -0.493 e. The number of nitrogens with zero attached hydrogens (tertiary/aromatic N) is 2. The number of carbonyl (C=O) groups is 1. The van der Waals surface area contributed by atoms with Crippen LogP contribution in [0.1, 0.15) is 18.4 Å². The number of ether oxygens (including phenoxy) is 4. The van der Waals surface area contributed by atoms with Crippen molar-refractivity contribution in [1.82, 2.24) is 20.1 Å². The number of rotatable bonds is 10. The number of nitrogens with one attached hydrogen (secondary N) is 2. The molecule has 0 saturated carbocycles. The molecule has 1 atom stereocenters. The molecule has 0 spiro atoms. The van der Waals surface area contributed by atoms with Gasteiger partial charge in [-0.2, -0.15) is 0 Å². The van der Waals surface area contributed by atoms with Gasteiger partial charge in [-0.25, -0.2) is 9.89 Å². The number of carbonyl (C=O) groups excluding carboxylic acids is 1. The molecule has 2 aromatic rings. The second kappa shape index (κ2) is 10.4. The minimum absolute atomic E-state index is 0.00788. The first-order valence-corrected chi connectivity index (χ1v) is 10.5. The summed E-state index contributed by atoms with van der Waals surface area (Å²) in [6.45, 7) is 1.44. The smallest absolute Gasteiger partial charge is 0.344 e. The lowest BCUT2D eigenvalue weighted by atomic mass is 10.2. The van der Waals surface area contributed by atoms with E-state index in [0.29, 0.717) is 42.1 Å². The zero-order valence-electron chi connectivity index (χ0n) is 17.2. The van der Waals surface area contributed by atoms with Gasteiger partial charge in [0.25, 0.3) is 0 Å². The van der Waals surface area contributed by atoms with Crippen LogP contribution in [0, 0.1) is 0 Å². The van der Waals surface area contributed by atoms with Crippen LogP contribution in [0.15, 0.2) is 22.1 Å². The van der Waals surface area contributed by atoms with Crippen molar-refractivity contribution in [3.63, 3.8) is 0 Å². The molecule has 1 fully saturated rings. The van der Waals surface area contributed by atoms with Gasteiger partial charge in [-0.15, -0.1) is 5.10 Å². The van der Waals surface area contributed by atoms with Crippen molar-refractivity contribution < 1.29 is 23.7 Å². The maximum Gasteiger partial charge on any atom is 0.344 e. The van der Waals surface area contributed by atoms with Crippen LogP contribution in [0.3, 0.4) is 0 Å². The van der Waals surface area contributed by atoms with Crippen LogP contribution in [0.25, 0.3) is 0 Å². The highest BCUT2D eigenvalue weighted by atomic mass is 32.2. The highest BCUT2D eigenvalue weighted by molar-refractivity contribution is 7.99. The molecule has 2 N–H and O–H groups in total. The Hall–Kier alpha value is -2.66. The fourth-order valence-electron chi connectivity index (χ4n) is 3.19. The first kappa shape index (κ1) is 22.0. The van der Waals surface area contributed by atoms with Crippen LogP contribution < -0.4 is 25.2 Å². The Morgan fingerprint density at radius 2 is 2.03 bits per heavy atom. The number of hydrogen-bond donors (Lipinski definition) is 2. The Labute approximate surface area is 178 Å². The summed E-state index contributed by atoms with van der Waals surface area (Å²) in [4.78, 5) is 24.3. The fraction of sp³-hybridized carbons (Fsp3) is 0.526. The molecule has 1 aromatic heterocycles. The lowest BCUT2D eigenvalue weighted by molar-refractivity contribution is -0.118. The molecule has 11 heteroatoms. The number of amides is 1. The molecule has 10 nitrogen and oxygen atoms in total. The van der Waals surface area contributed by atoms with Crippen molar-refractivity contribution in [2.45, 2.75) is 37.2 Å². The average Bonchev–Trinajstić information content (AvgIpc) is 3.40. The molecule has 3 rings (SSSR count). The molecule has 30 heavy (non-hydrogen) atoms. The molecule has 2 heterocycles. The predicted octanol–water partition coefficient (Wildman–Crippen LogP) is 1.18. The molecule has 1 aliphatic heterocycles. The molecule has 1 aliphatic rings. The van der Waals surface area contributed by atoms with Crippen LogP contribution in [0.2, 0.25) is 0 Å². The predicted molar refractivity (Wildman–Crippen MR) is 110 cm³/mol. The Morgan fingerprint density at radius 1 is 1.30 bits per heavy atom. The quantitative estimate of drug-likeness (QED) is 0.531. The van der Waals surface area contributed by atoms with E-state index in [1.165, 1.54) is 37.7 Å². The molecule has 1 saturated heterocycles. The van der Waals surface area contributed by atoms with E-state index in [1.54, 1.807) is 12.1 Å². The maximum absolute atomic E-state index is 12.3. The number of thioether (sulfide) groups is 1. The molecule has 1 aromatic carbocycles. The highest BCUT2D eigenvalue weighted by Crippen LogP contribution is 2.38. The van der Waals surface area contributed by atoms with Gasteiger partial charge in [0.1, 0.15) is 0 Å². The number of methoxy groups -OCH3 is 3. The van der Waals surface area contributed by atoms with Crippen LogP contribution in [-0.2, 0) is 22.6 Å². The largest absolute Gasteiger partial charge is 0.493 e. The van der Waals surface area contributed by atoms with Gasteiger partial charge >= 0.3 is 5.69 Å². The number of aromatic nitrogens is 3. The third kappa shape index (κ3) is 5.28. The normalized spacial score (nSPS) is 15.8. The summed E-state index contributed by atoms with van der Waals surface area (Å²) in [5.41, 5.74) is 0.503. The topological polar surface area (TPSA) is 117 Å². The number of benzene rings is 1. The van der Waals surface area contributed by atoms with Gasteiger partial charge in [0.2, 0.25) is 11.7 Å². The van der Waals surface area contributed by atoms with Gasteiger partial charge in [0.15, 0.2) is 16.7 Å². The van der Waals surface area contributed by atoms with Crippen LogP contribution in [0.5, 0.6) is 17.2 Å². The monoisotopic (exact) mass is 438 g/mol. The summed E-state index contributed by atoms with van der Waals surface area (Å²) in [6, 6.07) is 3.56. The summed E-state index contributed by atoms with van der Waals surface area (Å²) < 4.78 is 23.1. The standard InChI is InChI=1S/C19H26N4O6S/c1-26-14-7-12(8-15(27-2)17(14)28-3)9-20-16(24)11-30-19-22-21-18(25)23(19)10-13-5-4-6-29-13/h7-8,13H,4-6,9-11H2,1-3H3,(H,20,24)(H,21,25). The van der Waals surface area contributed by atoms with E-state index >= 15 is 0 Å². The molecule has 1 unspecified atom stereocenters. The zero-order chi connectivity index (χ0) is 21.5. The molecular formula is C19H26N4O6S. The number of H-pyrrole nitrogens is 1. The summed E-state index contributed by atoms with van der Waals surface area (Å²) in [5.74, 6) is 1.47. The van der Waals surface area contributed by atoms with Crippen molar-refractivity contribution in [2.75, 3.05) is 33.7 Å². The van der Waals surface area contributed by atoms with Gasteiger partial charge < -0.3 is 24.3 Å². The maximum atomic E-state index is 12.3. The molecular weight excluding hydrogens is 412 g/mol. The van der Waals surface area contributed by atoms with Crippen LogP contribution in [0.4, 0.5) is 0 Å². The molecule has 0 radical (unpaired) electrons. The van der Waals surface area contributed by atoms with Gasteiger partial charge in [-0.3, -0.25) is 9.36 Å². The second-order valence-corrected chi connectivity index (χ2v) is 7.60. The van der Waals surface area contributed by atoms with Crippen molar-refractivity contribution >= 4 is 17.7 Å². The first-order chi connectivity index (χ1) is 14.5. The van der Waals surface area contributed by atoms with E-state index in [2.05, 4.69) is 15.5 Å². The highest BCUT2D eigenvalue weighted by Gasteiger charge is 2.20. The van der Waals surface area contributed by atoms with E-state index in [1.807, 2.05) is 0 Å². The van der Waals surface area contributed by atoms with E-state index < -0.39 is 0 Å². The van der Waals surface area contributed by atoms with E-state index in [0.717, 1.165) is 18.4 Å². The van der Waals surface area contributed by atoms with Crippen molar-refractivity contribution in [3.05, 3.63) is 28.2 Å². The Morgan fingerprint density at radius 3 is 2.63 bits per heavy atom. The SMILES string of the molecule is COc1cc(CNC(=O)CSc2n[nH]c(=O)n2CC2CCCO2)cc(OC)c1OC. The third-order valence-corrected chi connectivity index (χ3v) is 5.66. The molecule has 0 bridgehead atoms. The van der Waals surface area contributed by atoms with Gasteiger partial charge in [0.05, 0.1) is 39.7 Å². The van der Waals surface area contributed by atoms with E-state index in [4.69, 9.17) is 18.9 Å².